The second-order valence-corrected chi connectivity index (χ2v) is 2.97. The summed E-state index contributed by atoms with van der Waals surface area (Å²) in [4.78, 5) is 0. The van der Waals surface area contributed by atoms with E-state index in [4.69, 9.17) is 15.6 Å². The van der Waals surface area contributed by atoms with Gasteiger partial charge >= 0.3 is 0 Å². The third-order valence-corrected chi connectivity index (χ3v) is 2.04. The Morgan fingerprint density at radius 3 is 2.73 bits per heavy atom. The molecule has 1 rings (SSSR count). The lowest BCUT2D eigenvalue weighted by atomic mass is 10.0. The quantitative estimate of drug-likeness (QED) is 0.834. The van der Waals surface area contributed by atoms with Gasteiger partial charge in [0, 0.05) is 18.2 Å². The Kier molecular flexibility index (Phi) is 6.24. The van der Waals surface area contributed by atoms with Crippen molar-refractivity contribution in [1.82, 2.24) is 0 Å². The van der Waals surface area contributed by atoms with Gasteiger partial charge in [-0.3, -0.25) is 0 Å². The van der Waals surface area contributed by atoms with Gasteiger partial charge in [0.15, 0.2) is 0 Å². The van der Waals surface area contributed by atoms with Gasteiger partial charge in [-0.15, -0.1) is 12.4 Å². The van der Waals surface area contributed by atoms with Crippen LogP contribution < -0.4 is 10.5 Å². The van der Waals surface area contributed by atoms with Gasteiger partial charge in [-0.05, 0) is 18.6 Å². The number of aliphatic hydroxyl groups is 1. The Morgan fingerprint density at radius 2 is 2.20 bits per heavy atom. The molecule has 3 nitrogen and oxygen atoms in total. The van der Waals surface area contributed by atoms with Crippen molar-refractivity contribution >= 4 is 12.4 Å². The fourth-order valence-corrected chi connectivity index (χ4v) is 1.34. The lowest BCUT2D eigenvalue weighted by Gasteiger charge is -2.15. The lowest BCUT2D eigenvalue weighted by molar-refractivity contribution is 0.273. The van der Waals surface area contributed by atoms with Gasteiger partial charge in [-0.25, -0.2) is 4.39 Å². The molecule has 15 heavy (non-hydrogen) atoms. The Balaban J connectivity index is 0.00000196. The van der Waals surface area contributed by atoms with E-state index in [1.54, 1.807) is 12.1 Å². The van der Waals surface area contributed by atoms with E-state index < -0.39 is 11.9 Å². The maximum absolute atomic E-state index is 13.4. The fraction of sp³-hybridized carbons (Fsp3) is 0.400. The maximum atomic E-state index is 13.4. The van der Waals surface area contributed by atoms with Crippen LogP contribution in [0.5, 0.6) is 5.75 Å². The summed E-state index contributed by atoms with van der Waals surface area (Å²) < 4.78 is 18.4. The molecule has 1 aromatic carbocycles. The van der Waals surface area contributed by atoms with E-state index >= 15 is 0 Å². The number of nitrogens with two attached hydrogens (primary N) is 1. The molecule has 0 aromatic heterocycles. The zero-order valence-corrected chi connectivity index (χ0v) is 9.26. The first-order chi connectivity index (χ1) is 6.70. The molecule has 0 saturated carbocycles. The van der Waals surface area contributed by atoms with Crippen molar-refractivity contribution in [3.05, 3.63) is 29.6 Å². The molecule has 0 aliphatic heterocycles. The van der Waals surface area contributed by atoms with Crippen LogP contribution in [0.1, 0.15) is 18.0 Å². The number of hydrogen-bond donors (Lipinski definition) is 2. The molecule has 0 radical (unpaired) electrons. The number of halogens is 2. The monoisotopic (exact) mass is 235 g/mol. The van der Waals surface area contributed by atoms with Crippen molar-refractivity contribution in [2.75, 3.05) is 13.7 Å². The summed E-state index contributed by atoms with van der Waals surface area (Å²) in [6, 6.07) is 4.00. The number of aliphatic hydroxyl groups excluding tert-OH is 1. The van der Waals surface area contributed by atoms with Gasteiger partial charge in [0.2, 0.25) is 0 Å². The number of rotatable bonds is 4. The number of hydrogen-bond acceptors (Lipinski definition) is 3. The molecule has 0 fully saturated rings. The van der Waals surface area contributed by atoms with Gasteiger partial charge < -0.3 is 15.6 Å². The summed E-state index contributed by atoms with van der Waals surface area (Å²) >= 11 is 0. The van der Waals surface area contributed by atoms with Crippen LogP contribution in [0, 0.1) is 5.82 Å². The van der Waals surface area contributed by atoms with E-state index in [9.17, 15) is 4.39 Å². The Labute approximate surface area is 94.5 Å². The highest BCUT2D eigenvalue weighted by Gasteiger charge is 2.15. The Hall–Kier alpha value is -0.840. The standard InChI is InChI=1S/C10H14FNO2.ClH/c1-14-9-4-2-3-7(11)10(9)8(12)5-6-13;/h2-4,8,13H,5-6,12H2,1H3;1H/t8-;/m0./s1. The summed E-state index contributed by atoms with van der Waals surface area (Å²) in [5, 5.41) is 8.71. The molecular formula is C10H15ClFNO2. The van der Waals surface area contributed by atoms with Crippen LogP contribution in [0.15, 0.2) is 18.2 Å². The van der Waals surface area contributed by atoms with E-state index in [1.807, 2.05) is 0 Å². The van der Waals surface area contributed by atoms with Crippen molar-refractivity contribution in [1.29, 1.82) is 0 Å². The number of ether oxygens (including phenoxy) is 1. The van der Waals surface area contributed by atoms with Crippen LogP contribution in [-0.2, 0) is 0 Å². The first-order valence-corrected chi connectivity index (χ1v) is 4.39. The van der Waals surface area contributed by atoms with Crippen molar-refractivity contribution in [2.24, 2.45) is 5.73 Å². The zero-order chi connectivity index (χ0) is 10.6. The van der Waals surface area contributed by atoms with Crippen LogP contribution in [0.25, 0.3) is 0 Å². The molecule has 1 atom stereocenters. The number of benzene rings is 1. The van der Waals surface area contributed by atoms with Crippen molar-refractivity contribution in [3.63, 3.8) is 0 Å². The summed E-state index contributed by atoms with van der Waals surface area (Å²) in [6.07, 6.45) is 0.317. The molecular weight excluding hydrogens is 221 g/mol. The van der Waals surface area contributed by atoms with Crippen molar-refractivity contribution in [2.45, 2.75) is 12.5 Å². The van der Waals surface area contributed by atoms with Crippen molar-refractivity contribution in [3.8, 4) is 5.75 Å². The largest absolute Gasteiger partial charge is 0.496 e. The van der Waals surface area contributed by atoms with Crippen molar-refractivity contribution < 1.29 is 14.2 Å². The molecule has 3 N–H and O–H groups in total. The maximum Gasteiger partial charge on any atom is 0.131 e. The molecule has 0 spiro atoms. The van der Waals surface area contributed by atoms with E-state index in [1.165, 1.54) is 13.2 Å². The molecule has 0 aliphatic rings. The average molecular weight is 236 g/mol. The van der Waals surface area contributed by atoms with E-state index in [2.05, 4.69) is 0 Å². The first-order valence-electron chi connectivity index (χ1n) is 4.39. The highest BCUT2D eigenvalue weighted by atomic mass is 35.5. The normalized spacial score (nSPS) is 11.7. The molecule has 0 saturated heterocycles. The second-order valence-electron chi connectivity index (χ2n) is 2.97. The molecule has 0 amide bonds. The minimum absolute atomic E-state index is 0. The van der Waals surface area contributed by atoms with Crippen LogP contribution in [0.2, 0.25) is 0 Å². The number of methoxy groups -OCH3 is 1. The predicted octanol–water partition coefficient (Wildman–Crippen LogP) is 1.64. The predicted molar refractivity (Wildman–Crippen MR) is 58.8 cm³/mol. The molecule has 86 valence electrons. The highest BCUT2D eigenvalue weighted by Crippen LogP contribution is 2.27. The summed E-state index contributed by atoms with van der Waals surface area (Å²) in [7, 11) is 1.46. The van der Waals surface area contributed by atoms with Crippen LogP contribution in [0.3, 0.4) is 0 Å². The van der Waals surface area contributed by atoms with Gasteiger partial charge in [0.05, 0.1) is 7.11 Å². The highest BCUT2D eigenvalue weighted by molar-refractivity contribution is 5.85. The molecule has 0 heterocycles. The minimum atomic E-state index is -0.531. The Bertz CT molecular complexity index is 309. The third kappa shape index (κ3) is 3.34. The molecule has 0 unspecified atom stereocenters. The molecule has 5 heteroatoms. The SMILES string of the molecule is COc1cccc(F)c1[C@@H](N)CCO.Cl. The summed E-state index contributed by atoms with van der Waals surface area (Å²) in [6.45, 7) is -0.0708. The van der Waals surface area contributed by atoms with Crippen LogP contribution in [0.4, 0.5) is 4.39 Å². The van der Waals surface area contributed by atoms with Gasteiger partial charge in [0.1, 0.15) is 11.6 Å². The third-order valence-electron chi connectivity index (χ3n) is 2.04. The fourth-order valence-electron chi connectivity index (χ4n) is 1.34. The average Bonchev–Trinajstić information content (AvgIpc) is 2.17. The smallest absolute Gasteiger partial charge is 0.131 e. The molecule has 1 aromatic rings. The van der Waals surface area contributed by atoms with Crippen LogP contribution >= 0.6 is 12.4 Å². The van der Waals surface area contributed by atoms with Gasteiger partial charge in [-0.2, -0.15) is 0 Å². The van der Waals surface area contributed by atoms with E-state index in [0.717, 1.165) is 0 Å². The molecule has 0 aliphatic carbocycles. The minimum Gasteiger partial charge on any atom is -0.496 e. The lowest BCUT2D eigenvalue weighted by Crippen LogP contribution is -2.14. The first kappa shape index (κ1) is 14.2. The Morgan fingerprint density at radius 1 is 1.53 bits per heavy atom. The van der Waals surface area contributed by atoms with E-state index in [-0.39, 0.29) is 19.0 Å². The van der Waals surface area contributed by atoms with Crippen LogP contribution in [-0.4, -0.2) is 18.8 Å². The van der Waals surface area contributed by atoms with Gasteiger partial charge in [-0.1, -0.05) is 6.07 Å². The van der Waals surface area contributed by atoms with E-state index in [0.29, 0.717) is 17.7 Å². The zero-order valence-electron chi connectivity index (χ0n) is 8.44. The summed E-state index contributed by atoms with van der Waals surface area (Å²) in [5.74, 6) is 0.0243. The topological polar surface area (TPSA) is 55.5 Å². The molecule has 0 bridgehead atoms. The van der Waals surface area contributed by atoms with Gasteiger partial charge in [0.25, 0.3) is 0 Å². The summed E-state index contributed by atoms with van der Waals surface area (Å²) in [5.41, 5.74) is 6.03. The second kappa shape index (κ2) is 6.61.